The Balaban J connectivity index is -0.0000000975. The third-order valence-electron chi connectivity index (χ3n) is 7.46. The van der Waals surface area contributed by atoms with Crippen molar-refractivity contribution in [1.82, 2.24) is 0 Å². The summed E-state index contributed by atoms with van der Waals surface area (Å²) in [6.45, 7) is 46.6. The first-order chi connectivity index (χ1) is 38.4. The molecule has 0 aromatic carbocycles. The molecule has 0 aromatic rings. The van der Waals surface area contributed by atoms with Gasteiger partial charge in [-0.25, -0.2) is 0 Å². The van der Waals surface area contributed by atoms with E-state index in [0.717, 1.165) is 59.3 Å². The van der Waals surface area contributed by atoms with E-state index in [4.69, 9.17) is 20.6 Å². The monoisotopic (exact) mass is 1060 g/mol. The Bertz CT molecular complexity index is 1720. The minimum Gasteiger partial charge on any atom is -0.300 e. The van der Waals surface area contributed by atoms with Gasteiger partial charge >= 0.3 is 0 Å². The first kappa shape index (κ1) is 59.3. The van der Waals surface area contributed by atoms with Gasteiger partial charge in [-0.1, -0.05) is 132 Å². The molecule has 0 aliphatic carbocycles. The summed E-state index contributed by atoms with van der Waals surface area (Å²) in [5, 5.41) is 0. The van der Waals surface area contributed by atoms with Gasteiger partial charge < -0.3 is 43.2 Å². The van der Waals surface area contributed by atoms with Crippen LogP contribution in [-0.4, -0.2) is 52.0 Å². The van der Waals surface area contributed by atoms with Crippen LogP contribution < -0.4 is 0 Å². The highest BCUT2D eigenvalue weighted by molar-refractivity contribution is 5.77. The number of hydrogen-bond donors (Lipinski definition) is 0. The molecule has 0 fully saturated rings. The van der Waals surface area contributed by atoms with Gasteiger partial charge in [-0.3, -0.25) is 0 Å². The lowest BCUT2D eigenvalue weighted by molar-refractivity contribution is -0.118. The summed E-state index contributed by atoms with van der Waals surface area (Å²) in [4.78, 5) is 94.8. The van der Waals surface area contributed by atoms with E-state index >= 15 is 0 Å². The number of hydrogen-bond acceptors (Lipinski definition) is 9. The molecule has 3 atom stereocenters. The zero-order valence-corrected chi connectivity index (χ0v) is 51.5. The maximum Gasteiger partial charge on any atom is 0.129 e. The van der Waals surface area contributed by atoms with E-state index in [9.17, 15) is 43.2 Å². The highest BCUT2D eigenvalue weighted by atomic mass is 16.2. The van der Waals surface area contributed by atoms with Gasteiger partial charge in [-0.15, -0.1) is 0 Å². The minimum absolute atomic E-state index is 0. The number of Topliss-reactive ketones (excluding diaryl/α,β-unsaturated/α-hetero) is 9. The summed E-state index contributed by atoms with van der Waals surface area (Å²) in [6, 6.07) is 0. The second-order valence-corrected chi connectivity index (χ2v) is 21.0. The summed E-state index contributed by atoms with van der Waals surface area (Å²) in [5.41, 5.74) is 0. The molecule has 0 radical (unpaired) electrons. The van der Waals surface area contributed by atoms with Crippen molar-refractivity contribution < 1.29 is 63.7 Å². The lowest BCUT2D eigenvalue weighted by atomic mass is 10.1. The van der Waals surface area contributed by atoms with Crippen LogP contribution in [0, 0.1) is 53.3 Å². The summed E-state index contributed by atoms with van der Waals surface area (Å²) < 4.78 is 110. The molecular formula is C64H130O9. The Labute approximate surface area is 477 Å². The zero-order chi connectivity index (χ0) is 72.5. The van der Waals surface area contributed by atoms with Gasteiger partial charge in [-0.05, 0) is 173 Å². The van der Waals surface area contributed by atoms with Gasteiger partial charge in [0, 0.05) is 78.2 Å². The average Bonchev–Trinajstić information content (AvgIpc) is 3.32. The number of carbonyl (C=O) groups excluding carboxylic acids is 9. The molecule has 0 amide bonds. The third kappa shape index (κ3) is 176. The lowest BCUT2D eigenvalue weighted by Crippen LogP contribution is -1.93. The SMILES string of the molecule is C.CC(=O)CCC(C)C.CC(=O)CCC(C)C.CC(=O)CCC(C)C.[2H]C(CC(C)=O)C(C)C.[2H]C([2H])(C(C)=O)C([2H])([2H])C(C)C.[2H]C([2H])(C(C)=O)C([2H])([2H])C(C)C.[2H]C([2H])(C(C)=O)C([2H])([2H])C(C)C.[2H][C@@H](CC(C)=O)C(C)C.[2H][C@H](CC(C)=O)C(C)C. The first-order valence-electron chi connectivity index (χ1n) is 33.9. The average molecular weight is 1060 g/mol. The van der Waals surface area contributed by atoms with Gasteiger partial charge in [0.15, 0.2) is 0 Å². The van der Waals surface area contributed by atoms with Gasteiger partial charge in [0.1, 0.15) is 52.0 Å². The Morgan fingerprint density at radius 2 is 0.397 bits per heavy atom. The van der Waals surface area contributed by atoms with Crippen molar-refractivity contribution in [2.24, 2.45) is 53.3 Å². The number of rotatable bonds is 27. The summed E-state index contributed by atoms with van der Waals surface area (Å²) in [5.74, 6) is 0.313. The van der Waals surface area contributed by atoms with Crippen LogP contribution in [0.25, 0.3) is 0 Å². The fourth-order valence-corrected chi connectivity index (χ4v) is 3.42. The molecule has 0 rings (SSSR count). The predicted octanol–water partition coefficient (Wildman–Crippen LogP) is 18.7. The second-order valence-electron chi connectivity index (χ2n) is 21.0. The van der Waals surface area contributed by atoms with Crippen molar-refractivity contribution in [3.63, 3.8) is 0 Å². The number of carbonyl (C=O) groups is 9. The van der Waals surface area contributed by atoms with Crippen LogP contribution >= 0.6 is 0 Å². The van der Waals surface area contributed by atoms with Crippen molar-refractivity contribution in [1.29, 1.82) is 0 Å². The Kier molecular flexibility index (Phi) is 54.4. The Morgan fingerprint density at radius 3 is 0.438 bits per heavy atom. The maximum atomic E-state index is 10.8. The van der Waals surface area contributed by atoms with E-state index in [1.54, 1.807) is 62.3 Å². The van der Waals surface area contributed by atoms with Crippen LogP contribution in [0.1, 0.15) is 330 Å². The smallest absolute Gasteiger partial charge is 0.129 e. The molecule has 0 aliphatic rings. The molecule has 0 spiro atoms. The van der Waals surface area contributed by atoms with Gasteiger partial charge in [-0.2, -0.15) is 0 Å². The topological polar surface area (TPSA) is 154 Å². The van der Waals surface area contributed by atoms with Crippen molar-refractivity contribution in [3.8, 4) is 0 Å². The lowest BCUT2D eigenvalue weighted by Gasteiger charge is -1.98. The molecule has 0 saturated carbocycles. The van der Waals surface area contributed by atoms with Crippen LogP contribution in [0.5, 0.6) is 0 Å². The molecule has 1 unspecified atom stereocenters. The number of ketones is 9. The largest absolute Gasteiger partial charge is 0.300 e. The normalized spacial score (nSPS) is 15.4. The van der Waals surface area contributed by atoms with Crippen LogP contribution in [0.3, 0.4) is 0 Å². The molecule has 440 valence electrons. The predicted molar refractivity (Wildman–Crippen MR) is 320 cm³/mol. The van der Waals surface area contributed by atoms with E-state index in [2.05, 4.69) is 41.5 Å². The fraction of sp³-hybridized carbons (Fsp3) is 0.859. The summed E-state index contributed by atoms with van der Waals surface area (Å²) in [7, 11) is 0. The van der Waals surface area contributed by atoms with Gasteiger partial charge in [0.25, 0.3) is 0 Å². The Hall–Kier alpha value is -2.97. The fourth-order valence-electron chi connectivity index (χ4n) is 3.42. The molecule has 9 nitrogen and oxygen atoms in total. The molecular weight excluding hydrogens is 913 g/mol. The zero-order valence-electron chi connectivity index (χ0n) is 66.5. The van der Waals surface area contributed by atoms with E-state index in [1.165, 1.54) is 20.8 Å². The van der Waals surface area contributed by atoms with Crippen LogP contribution in [0.2, 0.25) is 0 Å². The summed E-state index contributed by atoms with van der Waals surface area (Å²) >= 11 is 0. The van der Waals surface area contributed by atoms with E-state index in [1.807, 2.05) is 41.5 Å². The highest BCUT2D eigenvalue weighted by Crippen LogP contribution is 2.07. The standard InChI is InChI=1S/9C7H14O.CH4/c9*1-6(2)4-5-7(3)8;/h9*6H,4-5H2,1-3H3;1H4/i3*4D2,5D2;3*4D;;;;/t;;;2*4-;;;;;/m...10...../s1. The molecule has 73 heavy (non-hydrogen) atoms. The molecule has 0 bridgehead atoms. The second kappa shape index (κ2) is 67.0. The molecule has 0 aliphatic heterocycles. The van der Waals surface area contributed by atoms with Gasteiger partial charge in [0.05, 0.1) is 0 Å². The van der Waals surface area contributed by atoms with Crippen molar-refractivity contribution in [2.45, 2.75) is 310 Å². The van der Waals surface area contributed by atoms with Crippen LogP contribution in [0.4, 0.5) is 0 Å². The van der Waals surface area contributed by atoms with Crippen LogP contribution in [0.15, 0.2) is 0 Å². The first-order valence-corrected chi connectivity index (χ1v) is 26.2. The highest BCUT2D eigenvalue weighted by Gasteiger charge is 2.01. The molecule has 0 saturated heterocycles. The van der Waals surface area contributed by atoms with Crippen molar-refractivity contribution >= 4 is 52.0 Å². The molecule has 0 heterocycles. The molecule has 0 aromatic heterocycles. The van der Waals surface area contributed by atoms with E-state index in [0.29, 0.717) is 72.1 Å². The van der Waals surface area contributed by atoms with Crippen molar-refractivity contribution in [2.75, 3.05) is 0 Å². The summed E-state index contributed by atoms with van der Waals surface area (Å²) in [6.07, 6.45) is -7.52. The van der Waals surface area contributed by atoms with E-state index < -0.39 is 73.3 Å². The molecule has 0 N–H and O–H groups in total. The van der Waals surface area contributed by atoms with E-state index in [-0.39, 0.29) is 44.0 Å². The molecule has 9 heteroatoms. The minimum atomic E-state index is -2.39. The Morgan fingerprint density at radius 1 is 0.247 bits per heavy atom. The van der Waals surface area contributed by atoms with Gasteiger partial charge in [0.2, 0.25) is 0 Å². The third-order valence-corrected chi connectivity index (χ3v) is 7.46. The quantitative estimate of drug-likeness (QED) is 0.0782. The van der Waals surface area contributed by atoms with Crippen molar-refractivity contribution in [3.05, 3.63) is 0 Å². The van der Waals surface area contributed by atoms with Crippen LogP contribution in [-0.2, 0) is 43.2 Å². The maximum absolute atomic E-state index is 10.8.